The fourth-order valence-corrected chi connectivity index (χ4v) is 4.01. The molecule has 2 nitrogen and oxygen atoms in total. The summed E-state index contributed by atoms with van der Waals surface area (Å²) in [4.78, 5) is 13.3. The molecule has 0 amide bonds. The highest BCUT2D eigenvalue weighted by Gasteiger charge is 2.41. The Morgan fingerprint density at radius 3 is 1.74 bits per heavy atom. The maximum atomic E-state index is 13.7. The van der Waals surface area contributed by atoms with Crippen LogP contribution < -0.4 is 0 Å². The molecule has 0 aliphatic heterocycles. The topological polar surface area (TPSA) is 40.9 Å². The van der Waals surface area contributed by atoms with Gasteiger partial charge in [0.2, 0.25) is 0 Å². The van der Waals surface area contributed by atoms with Gasteiger partial charge in [0.15, 0.2) is 5.78 Å². The van der Waals surface area contributed by atoms with Crippen LogP contribution in [0.3, 0.4) is 0 Å². The van der Waals surface area contributed by atoms with Crippen molar-refractivity contribution < 1.29 is 13.6 Å². The predicted octanol–water partition coefficient (Wildman–Crippen LogP) is 6.26. The Bertz CT molecular complexity index is 1170. The number of halogens is 2. The van der Waals surface area contributed by atoms with Gasteiger partial charge in [-0.1, -0.05) is 54.6 Å². The lowest BCUT2D eigenvalue weighted by atomic mass is 9.66. The van der Waals surface area contributed by atoms with Crippen molar-refractivity contribution in [3.05, 3.63) is 118 Å². The minimum Gasteiger partial charge on any atom is -0.289 e. The summed E-state index contributed by atoms with van der Waals surface area (Å²) in [5.41, 5.74) is 1.80. The zero-order valence-electron chi connectivity index (χ0n) is 16.7. The summed E-state index contributed by atoms with van der Waals surface area (Å²) in [6.07, 6.45) is 3.70. The van der Waals surface area contributed by atoms with Crippen molar-refractivity contribution in [1.82, 2.24) is 0 Å². The zero-order chi connectivity index (χ0) is 21.8. The Hall–Kier alpha value is -3.84. The van der Waals surface area contributed by atoms with Crippen LogP contribution in [-0.4, -0.2) is 5.78 Å². The van der Waals surface area contributed by atoms with E-state index in [-0.39, 0.29) is 18.6 Å². The Morgan fingerprint density at radius 1 is 0.774 bits per heavy atom. The molecule has 3 aromatic carbocycles. The molecule has 0 unspecified atom stereocenters. The van der Waals surface area contributed by atoms with Crippen LogP contribution in [0, 0.1) is 23.0 Å². The summed E-state index contributed by atoms with van der Waals surface area (Å²) >= 11 is 0. The van der Waals surface area contributed by atoms with E-state index in [1.54, 1.807) is 36.4 Å². The SMILES string of the molecule is N#CC1(c2ccccc2)C/C(=C\c2cccc(F)c2)C(=O)/C(=C/c2cccc(F)c2)C1. The van der Waals surface area contributed by atoms with E-state index in [9.17, 15) is 18.8 Å². The number of allylic oxidation sites excluding steroid dienone is 2. The van der Waals surface area contributed by atoms with Crippen LogP contribution in [0.4, 0.5) is 8.78 Å². The fraction of sp³-hybridized carbons (Fsp3) is 0.111. The van der Waals surface area contributed by atoms with Gasteiger partial charge >= 0.3 is 0 Å². The summed E-state index contributed by atoms with van der Waals surface area (Å²) in [7, 11) is 0. The number of carbonyl (C=O) groups is 1. The van der Waals surface area contributed by atoms with E-state index < -0.39 is 17.0 Å². The van der Waals surface area contributed by atoms with Crippen molar-refractivity contribution in [1.29, 1.82) is 5.26 Å². The first kappa shape index (κ1) is 20.4. The molecule has 31 heavy (non-hydrogen) atoms. The quantitative estimate of drug-likeness (QED) is 0.478. The molecular formula is C27H19F2NO. The third kappa shape index (κ3) is 4.36. The minimum atomic E-state index is -0.951. The van der Waals surface area contributed by atoms with E-state index >= 15 is 0 Å². The monoisotopic (exact) mass is 411 g/mol. The van der Waals surface area contributed by atoms with Crippen molar-refractivity contribution in [2.24, 2.45) is 0 Å². The molecule has 0 saturated heterocycles. The van der Waals surface area contributed by atoms with Gasteiger partial charge in [0.25, 0.3) is 0 Å². The molecule has 152 valence electrons. The largest absolute Gasteiger partial charge is 0.289 e. The van der Waals surface area contributed by atoms with Crippen molar-refractivity contribution in [2.45, 2.75) is 18.3 Å². The first-order valence-corrected chi connectivity index (χ1v) is 9.93. The maximum Gasteiger partial charge on any atom is 0.185 e. The molecule has 1 saturated carbocycles. The molecule has 0 spiro atoms. The number of hydrogen-bond acceptors (Lipinski definition) is 2. The standard InChI is InChI=1S/C27H19F2NO/c28-24-10-4-6-19(14-24)12-21-16-27(18-30,23-8-2-1-3-9-23)17-22(26(21)31)13-20-7-5-11-25(29)15-20/h1-15H,16-17H2/b21-12+,22-13+. The number of benzene rings is 3. The highest BCUT2D eigenvalue weighted by atomic mass is 19.1. The molecule has 4 rings (SSSR count). The number of nitrogens with zero attached hydrogens (tertiary/aromatic N) is 1. The molecule has 0 bridgehead atoms. The molecule has 1 fully saturated rings. The predicted molar refractivity (Wildman–Crippen MR) is 117 cm³/mol. The lowest BCUT2D eigenvalue weighted by molar-refractivity contribution is -0.113. The second-order valence-corrected chi connectivity index (χ2v) is 7.69. The molecule has 4 heteroatoms. The Balaban J connectivity index is 1.86. The average molecular weight is 411 g/mol. The second kappa shape index (κ2) is 8.49. The average Bonchev–Trinajstić information content (AvgIpc) is 2.77. The maximum absolute atomic E-state index is 13.7. The fourth-order valence-electron chi connectivity index (χ4n) is 4.01. The molecular weight excluding hydrogens is 392 g/mol. The van der Waals surface area contributed by atoms with Crippen LogP contribution in [0.2, 0.25) is 0 Å². The van der Waals surface area contributed by atoms with Crippen LogP contribution in [0.25, 0.3) is 12.2 Å². The van der Waals surface area contributed by atoms with E-state index in [1.165, 1.54) is 24.3 Å². The Morgan fingerprint density at radius 2 is 1.29 bits per heavy atom. The molecule has 1 aliphatic carbocycles. The van der Waals surface area contributed by atoms with Gasteiger partial charge in [-0.3, -0.25) is 4.79 Å². The number of hydrogen-bond donors (Lipinski definition) is 0. The van der Waals surface area contributed by atoms with Gasteiger partial charge in [-0.2, -0.15) is 5.26 Å². The molecule has 0 atom stereocenters. The number of nitriles is 1. The molecule has 0 aromatic heterocycles. The lowest BCUT2D eigenvalue weighted by Crippen LogP contribution is -2.33. The van der Waals surface area contributed by atoms with Crippen LogP contribution >= 0.6 is 0 Å². The van der Waals surface area contributed by atoms with Crippen LogP contribution in [0.5, 0.6) is 0 Å². The van der Waals surface area contributed by atoms with Crippen molar-refractivity contribution in [3.8, 4) is 6.07 Å². The van der Waals surface area contributed by atoms with Gasteiger partial charge in [0, 0.05) is 11.1 Å². The van der Waals surface area contributed by atoms with E-state index in [4.69, 9.17) is 0 Å². The third-order valence-electron chi connectivity index (χ3n) is 5.49. The summed E-state index contributed by atoms with van der Waals surface area (Å²) in [5.74, 6) is -1.01. The molecule has 0 heterocycles. The summed E-state index contributed by atoms with van der Waals surface area (Å²) in [5, 5.41) is 10.2. The summed E-state index contributed by atoms with van der Waals surface area (Å²) in [6.45, 7) is 0. The number of Topliss-reactive ketones (excluding diaryl/α,β-unsaturated/α-hetero) is 1. The normalized spacial score (nSPS) is 21.3. The molecule has 0 N–H and O–H groups in total. The number of ketones is 1. The van der Waals surface area contributed by atoms with Gasteiger partial charge < -0.3 is 0 Å². The zero-order valence-corrected chi connectivity index (χ0v) is 16.7. The van der Waals surface area contributed by atoms with Gasteiger partial charge in [-0.25, -0.2) is 8.78 Å². The van der Waals surface area contributed by atoms with Gasteiger partial charge in [0.05, 0.1) is 11.5 Å². The van der Waals surface area contributed by atoms with Crippen molar-refractivity contribution in [3.63, 3.8) is 0 Å². The van der Waals surface area contributed by atoms with E-state index in [0.29, 0.717) is 22.3 Å². The summed E-state index contributed by atoms with van der Waals surface area (Å²) < 4.78 is 27.4. The third-order valence-corrected chi connectivity index (χ3v) is 5.49. The van der Waals surface area contributed by atoms with E-state index in [2.05, 4.69) is 6.07 Å². The highest BCUT2D eigenvalue weighted by Crippen LogP contribution is 2.43. The summed E-state index contributed by atoms with van der Waals surface area (Å²) in [6, 6.07) is 23.7. The second-order valence-electron chi connectivity index (χ2n) is 7.69. The van der Waals surface area contributed by atoms with Gasteiger partial charge in [-0.05, 0) is 65.9 Å². The highest BCUT2D eigenvalue weighted by molar-refractivity contribution is 6.14. The van der Waals surface area contributed by atoms with Crippen molar-refractivity contribution >= 4 is 17.9 Å². The van der Waals surface area contributed by atoms with Crippen LogP contribution in [0.15, 0.2) is 90.0 Å². The van der Waals surface area contributed by atoms with Gasteiger partial charge in [0.1, 0.15) is 11.6 Å². The van der Waals surface area contributed by atoms with Crippen LogP contribution in [-0.2, 0) is 10.2 Å². The van der Waals surface area contributed by atoms with Gasteiger partial charge in [-0.15, -0.1) is 0 Å². The number of carbonyl (C=O) groups excluding carboxylic acids is 1. The molecule has 1 aliphatic rings. The minimum absolute atomic E-state index is 0.212. The Labute approximate surface area is 179 Å². The first-order chi connectivity index (χ1) is 15.0. The van der Waals surface area contributed by atoms with Crippen LogP contribution in [0.1, 0.15) is 29.5 Å². The smallest absolute Gasteiger partial charge is 0.185 e. The molecule has 0 radical (unpaired) electrons. The number of rotatable bonds is 3. The van der Waals surface area contributed by atoms with Crippen molar-refractivity contribution in [2.75, 3.05) is 0 Å². The Kier molecular flexibility index (Phi) is 5.60. The lowest BCUT2D eigenvalue weighted by Gasteiger charge is -2.33. The van der Waals surface area contributed by atoms with E-state index in [0.717, 1.165) is 5.56 Å². The van der Waals surface area contributed by atoms with E-state index in [1.807, 2.05) is 30.3 Å². The first-order valence-electron chi connectivity index (χ1n) is 9.93. The molecule has 3 aromatic rings.